The third-order valence-electron chi connectivity index (χ3n) is 2.45. The number of nitrogens with one attached hydrogen (secondary N) is 2. The number of benzene rings is 1. The number of hydrogen-bond donors (Lipinski definition) is 2. The van der Waals surface area contributed by atoms with Crippen LogP contribution in [0.5, 0.6) is 0 Å². The van der Waals surface area contributed by atoms with Gasteiger partial charge in [0.15, 0.2) is 0 Å². The van der Waals surface area contributed by atoms with Crippen LogP contribution in [0.3, 0.4) is 0 Å². The molecule has 0 radical (unpaired) electrons. The third kappa shape index (κ3) is 2.74. The van der Waals surface area contributed by atoms with Crippen LogP contribution in [0.2, 0.25) is 0 Å². The van der Waals surface area contributed by atoms with Crippen LogP contribution in [-0.4, -0.2) is 17.0 Å². The molecule has 5 heteroatoms. The van der Waals surface area contributed by atoms with Gasteiger partial charge in [0, 0.05) is 23.3 Å². The van der Waals surface area contributed by atoms with E-state index in [1.54, 1.807) is 0 Å². The largest absolute Gasteiger partial charge is 0.373 e. The molecule has 0 aliphatic heterocycles. The molecule has 0 bridgehead atoms. The lowest BCUT2D eigenvalue weighted by molar-refractivity contribution is 1.16. The molecule has 1 aromatic carbocycles. The van der Waals surface area contributed by atoms with Gasteiger partial charge in [0.2, 0.25) is 0 Å². The first kappa shape index (κ1) is 11.9. The van der Waals surface area contributed by atoms with Crippen molar-refractivity contribution < 1.29 is 0 Å². The van der Waals surface area contributed by atoms with Gasteiger partial charge in [-0.2, -0.15) is 0 Å². The van der Waals surface area contributed by atoms with Crippen LogP contribution in [0.15, 0.2) is 35.1 Å². The molecule has 0 saturated heterocycles. The fourth-order valence-electron chi connectivity index (χ4n) is 1.44. The minimum atomic E-state index is 0.769. The summed E-state index contributed by atoms with van der Waals surface area (Å²) in [6.45, 7) is 2.05. The summed E-state index contributed by atoms with van der Waals surface area (Å²) in [6, 6.07) is 7.88. The Balaban J connectivity index is 2.28. The van der Waals surface area contributed by atoms with Crippen LogP contribution >= 0.6 is 15.9 Å². The van der Waals surface area contributed by atoms with Gasteiger partial charge in [-0.15, -0.1) is 0 Å². The van der Waals surface area contributed by atoms with Gasteiger partial charge in [-0.3, -0.25) is 0 Å². The van der Waals surface area contributed by atoms with Crippen molar-refractivity contribution in [2.75, 3.05) is 17.7 Å². The Morgan fingerprint density at radius 2 is 1.94 bits per heavy atom. The summed E-state index contributed by atoms with van der Waals surface area (Å²) in [5.74, 6) is 1.56. The second-order valence-electron chi connectivity index (χ2n) is 3.58. The van der Waals surface area contributed by atoms with Crippen molar-refractivity contribution >= 4 is 33.3 Å². The van der Waals surface area contributed by atoms with Gasteiger partial charge in [-0.1, -0.05) is 22.0 Å². The van der Waals surface area contributed by atoms with E-state index in [1.807, 2.05) is 38.2 Å². The predicted molar refractivity (Wildman–Crippen MR) is 73.7 cm³/mol. The Kier molecular flexibility index (Phi) is 3.58. The summed E-state index contributed by atoms with van der Waals surface area (Å²) in [7, 11) is 1.83. The van der Waals surface area contributed by atoms with E-state index >= 15 is 0 Å². The molecule has 2 N–H and O–H groups in total. The quantitative estimate of drug-likeness (QED) is 0.911. The Bertz CT molecular complexity index is 528. The summed E-state index contributed by atoms with van der Waals surface area (Å²) in [5, 5.41) is 6.25. The Morgan fingerprint density at radius 1 is 1.18 bits per heavy atom. The van der Waals surface area contributed by atoms with Crippen LogP contribution < -0.4 is 10.6 Å². The maximum absolute atomic E-state index is 4.18. The predicted octanol–water partition coefficient (Wildman–Crippen LogP) is 3.33. The molecule has 2 aromatic rings. The molecule has 0 saturated carbocycles. The zero-order valence-corrected chi connectivity index (χ0v) is 11.2. The molecule has 88 valence electrons. The lowest BCUT2D eigenvalue weighted by atomic mass is 10.2. The van der Waals surface area contributed by atoms with Crippen LogP contribution in [0.4, 0.5) is 17.3 Å². The standard InChI is InChI=1S/C12H13BrN4/c1-8-9(13)4-3-5-10(8)17-12-6-11(14-2)15-7-16-12/h3-7H,1-2H3,(H2,14,15,16,17). The lowest BCUT2D eigenvalue weighted by Gasteiger charge is -2.10. The van der Waals surface area contributed by atoms with E-state index in [-0.39, 0.29) is 0 Å². The van der Waals surface area contributed by atoms with Crippen molar-refractivity contribution in [3.63, 3.8) is 0 Å². The van der Waals surface area contributed by atoms with Gasteiger partial charge in [-0.25, -0.2) is 9.97 Å². The minimum Gasteiger partial charge on any atom is -0.373 e. The molecule has 0 aliphatic rings. The van der Waals surface area contributed by atoms with E-state index in [4.69, 9.17) is 0 Å². The van der Waals surface area contributed by atoms with Crippen LogP contribution in [-0.2, 0) is 0 Å². The summed E-state index contributed by atoms with van der Waals surface area (Å²) in [4.78, 5) is 8.24. The van der Waals surface area contributed by atoms with Crippen LogP contribution in [0.1, 0.15) is 5.56 Å². The molecule has 4 nitrogen and oxygen atoms in total. The molecule has 0 unspecified atom stereocenters. The highest BCUT2D eigenvalue weighted by atomic mass is 79.9. The molecule has 0 spiro atoms. The van der Waals surface area contributed by atoms with Gasteiger partial charge in [-0.05, 0) is 24.6 Å². The zero-order chi connectivity index (χ0) is 12.3. The Morgan fingerprint density at radius 3 is 2.71 bits per heavy atom. The summed E-state index contributed by atoms with van der Waals surface area (Å²) in [6.07, 6.45) is 1.53. The normalized spacial score (nSPS) is 10.1. The number of nitrogens with zero attached hydrogens (tertiary/aromatic N) is 2. The molecule has 1 heterocycles. The van der Waals surface area contributed by atoms with E-state index in [0.29, 0.717) is 0 Å². The van der Waals surface area contributed by atoms with Crippen LogP contribution in [0.25, 0.3) is 0 Å². The molecular weight excluding hydrogens is 280 g/mol. The zero-order valence-electron chi connectivity index (χ0n) is 9.66. The smallest absolute Gasteiger partial charge is 0.135 e. The molecule has 1 aromatic heterocycles. The van der Waals surface area contributed by atoms with Crippen molar-refractivity contribution in [2.24, 2.45) is 0 Å². The number of rotatable bonds is 3. The maximum atomic E-state index is 4.18. The van der Waals surface area contributed by atoms with E-state index in [9.17, 15) is 0 Å². The highest BCUT2D eigenvalue weighted by Crippen LogP contribution is 2.26. The summed E-state index contributed by atoms with van der Waals surface area (Å²) >= 11 is 3.50. The number of aromatic nitrogens is 2. The Hall–Kier alpha value is -1.62. The fourth-order valence-corrected chi connectivity index (χ4v) is 1.81. The highest BCUT2D eigenvalue weighted by molar-refractivity contribution is 9.10. The van der Waals surface area contributed by atoms with E-state index in [2.05, 4.69) is 36.5 Å². The monoisotopic (exact) mass is 292 g/mol. The van der Waals surface area contributed by atoms with Gasteiger partial charge >= 0.3 is 0 Å². The van der Waals surface area contributed by atoms with Crippen molar-refractivity contribution in [3.8, 4) is 0 Å². The van der Waals surface area contributed by atoms with Gasteiger partial charge in [0.05, 0.1) is 0 Å². The van der Waals surface area contributed by atoms with E-state index in [0.717, 1.165) is 27.4 Å². The first-order valence-corrected chi connectivity index (χ1v) is 6.02. The molecule has 0 aliphatic carbocycles. The van der Waals surface area contributed by atoms with Crippen LogP contribution in [0, 0.1) is 6.92 Å². The summed E-state index contributed by atoms with van der Waals surface area (Å²) in [5.41, 5.74) is 2.18. The maximum Gasteiger partial charge on any atom is 0.135 e. The molecule has 0 fully saturated rings. The first-order chi connectivity index (χ1) is 8.20. The van der Waals surface area contributed by atoms with Crippen molar-refractivity contribution in [3.05, 3.63) is 40.6 Å². The second kappa shape index (κ2) is 5.14. The second-order valence-corrected chi connectivity index (χ2v) is 4.43. The molecule has 0 amide bonds. The van der Waals surface area contributed by atoms with Gasteiger partial charge in [0.25, 0.3) is 0 Å². The average Bonchev–Trinajstić information content (AvgIpc) is 2.35. The lowest BCUT2D eigenvalue weighted by Crippen LogP contribution is -1.99. The average molecular weight is 293 g/mol. The molecular formula is C12H13BrN4. The van der Waals surface area contributed by atoms with Crippen molar-refractivity contribution in [2.45, 2.75) is 6.92 Å². The number of halogens is 1. The van der Waals surface area contributed by atoms with Gasteiger partial charge in [0.1, 0.15) is 18.0 Å². The topological polar surface area (TPSA) is 49.8 Å². The fraction of sp³-hybridized carbons (Fsp3) is 0.167. The van der Waals surface area contributed by atoms with E-state index in [1.165, 1.54) is 6.33 Å². The van der Waals surface area contributed by atoms with Crippen molar-refractivity contribution in [1.82, 2.24) is 9.97 Å². The van der Waals surface area contributed by atoms with Gasteiger partial charge < -0.3 is 10.6 Å². The highest BCUT2D eigenvalue weighted by Gasteiger charge is 2.03. The summed E-state index contributed by atoms with van der Waals surface area (Å²) < 4.78 is 1.07. The SMILES string of the molecule is CNc1cc(Nc2cccc(Br)c2C)ncn1. The minimum absolute atomic E-state index is 0.769. The molecule has 17 heavy (non-hydrogen) atoms. The Labute approximate surface area is 109 Å². The number of hydrogen-bond acceptors (Lipinski definition) is 4. The molecule has 0 atom stereocenters. The van der Waals surface area contributed by atoms with E-state index < -0.39 is 0 Å². The number of anilines is 3. The first-order valence-electron chi connectivity index (χ1n) is 5.22. The third-order valence-corrected chi connectivity index (χ3v) is 3.31. The molecule has 2 rings (SSSR count). The van der Waals surface area contributed by atoms with Crippen molar-refractivity contribution in [1.29, 1.82) is 0 Å².